The third kappa shape index (κ3) is 3.27. The number of carboxylic acid groups (broad SMARTS) is 1. The number of carboxylic acids is 1. The molecule has 2 aromatic carbocycles. The van der Waals surface area contributed by atoms with E-state index in [0.29, 0.717) is 5.52 Å². The molecule has 28 heavy (non-hydrogen) atoms. The van der Waals surface area contributed by atoms with Crippen LogP contribution in [0.5, 0.6) is 11.5 Å². The Morgan fingerprint density at radius 1 is 1.14 bits per heavy atom. The summed E-state index contributed by atoms with van der Waals surface area (Å²) in [5, 5.41) is 11.4. The first kappa shape index (κ1) is 19.3. The van der Waals surface area contributed by atoms with E-state index >= 15 is 0 Å². The van der Waals surface area contributed by atoms with Crippen LogP contribution in [0.25, 0.3) is 11.1 Å². The van der Waals surface area contributed by atoms with Crippen LogP contribution in [-0.2, 0) is 17.1 Å². The minimum atomic E-state index is -4.22. The van der Waals surface area contributed by atoms with Gasteiger partial charge in [-0.25, -0.2) is 13.2 Å². The van der Waals surface area contributed by atoms with Gasteiger partial charge in [-0.1, -0.05) is 0 Å². The summed E-state index contributed by atoms with van der Waals surface area (Å²) in [6.45, 7) is 0. The highest BCUT2D eigenvalue weighted by atomic mass is 32.2. The smallest absolute Gasteiger partial charge is 0.419 e. The molecule has 0 spiro atoms. The standard InChI is InChI=1S/C17H16N2O8S/c1-19-12-5-4-9(6-13(12)27-17(19)22)28(23,24)18-11-8-15(26-3)14(25-2)7-10(11)16(20)21/h4-8,18H,1-3H3,(H,20,21)/p-1. The number of sulfonamides is 1. The largest absolute Gasteiger partial charge is 0.545 e. The zero-order valence-electron chi connectivity index (χ0n) is 15.0. The van der Waals surface area contributed by atoms with Gasteiger partial charge in [-0.05, 0) is 18.2 Å². The summed E-state index contributed by atoms with van der Waals surface area (Å²) < 4.78 is 44.0. The number of ether oxygens (including phenoxy) is 2. The van der Waals surface area contributed by atoms with E-state index in [1.807, 2.05) is 0 Å². The number of benzene rings is 2. The molecular weight excluding hydrogens is 392 g/mol. The summed E-state index contributed by atoms with van der Waals surface area (Å²) in [7, 11) is -0.106. The van der Waals surface area contributed by atoms with Gasteiger partial charge in [0.15, 0.2) is 17.1 Å². The second kappa shape index (κ2) is 6.93. The summed E-state index contributed by atoms with van der Waals surface area (Å²) in [6, 6.07) is 6.09. The van der Waals surface area contributed by atoms with Crippen molar-refractivity contribution in [3.8, 4) is 11.5 Å². The van der Waals surface area contributed by atoms with Crippen LogP contribution in [-0.4, -0.2) is 33.2 Å². The lowest BCUT2D eigenvalue weighted by Crippen LogP contribution is -2.25. The van der Waals surface area contributed by atoms with Gasteiger partial charge in [0.2, 0.25) is 0 Å². The molecule has 0 atom stereocenters. The Labute approximate surface area is 159 Å². The van der Waals surface area contributed by atoms with E-state index in [9.17, 15) is 23.1 Å². The average molecular weight is 407 g/mol. The van der Waals surface area contributed by atoms with Crippen LogP contribution in [0.1, 0.15) is 10.4 Å². The van der Waals surface area contributed by atoms with E-state index in [-0.39, 0.29) is 27.7 Å². The predicted octanol–water partition coefficient (Wildman–Crippen LogP) is 0.313. The number of aromatic nitrogens is 1. The van der Waals surface area contributed by atoms with Crippen molar-refractivity contribution < 1.29 is 32.2 Å². The Morgan fingerprint density at radius 2 is 1.79 bits per heavy atom. The Morgan fingerprint density at radius 3 is 2.39 bits per heavy atom. The lowest BCUT2D eigenvalue weighted by atomic mass is 10.1. The number of nitrogens with zero attached hydrogens (tertiary/aromatic N) is 1. The van der Waals surface area contributed by atoms with Crippen molar-refractivity contribution in [2.45, 2.75) is 4.90 Å². The number of aromatic carboxylic acids is 1. The van der Waals surface area contributed by atoms with Crippen molar-refractivity contribution in [2.75, 3.05) is 18.9 Å². The first-order chi connectivity index (χ1) is 13.2. The lowest BCUT2D eigenvalue weighted by molar-refractivity contribution is -0.254. The number of carbonyl (C=O) groups is 1. The second-order valence-electron chi connectivity index (χ2n) is 5.70. The molecule has 0 saturated carbocycles. The SMILES string of the molecule is COc1cc(NS(=O)(=O)c2ccc3c(c2)oc(=O)n3C)c(C(=O)[O-])cc1OC. The fraction of sp³-hybridized carbons (Fsp3) is 0.176. The molecule has 10 nitrogen and oxygen atoms in total. The van der Waals surface area contributed by atoms with Crippen LogP contribution in [0.15, 0.2) is 44.4 Å². The van der Waals surface area contributed by atoms with Gasteiger partial charge in [0.1, 0.15) is 0 Å². The van der Waals surface area contributed by atoms with E-state index in [1.165, 1.54) is 50.1 Å². The third-order valence-corrected chi connectivity index (χ3v) is 5.43. The van der Waals surface area contributed by atoms with Crippen molar-refractivity contribution in [1.82, 2.24) is 4.57 Å². The number of hydrogen-bond acceptors (Lipinski definition) is 8. The maximum atomic E-state index is 12.7. The average Bonchev–Trinajstić information content (AvgIpc) is 2.94. The summed E-state index contributed by atoms with van der Waals surface area (Å²) in [4.78, 5) is 22.8. The molecule has 0 radical (unpaired) electrons. The molecular formula is C17H15N2O8S-. The molecule has 0 aliphatic heterocycles. The molecule has 0 aliphatic carbocycles. The Balaban J connectivity index is 2.09. The lowest BCUT2D eigenvalue weighted by Gasteiger charge is -2.17. The fourth-order valence-corrected chi connectivity index (χ4v) is 3.70. The molecule has 1 heterocycles. The number of oxazole rings is 1. The van der Waals surface area contributed by atoms with E-state index in [0.717, 1.165) is 6.07 Å². The highest BCUT2D eigenvalue weighted by Crippen LogP contribution is 2.34. The first-order valence-corrected chi connectivity index (χ1v) is 9.26. The Bertz CT molecular complexity index is 1240. The van der Waals surface area contributed by atoms with Crippen LogP contribution in [0.4, 0.5) is 5.69 Å². The summed E-state index contributed by atoms with van der Waals surface area (Å²) >= 11 is 0. The molecule has 0 unspecified atom stereocenters. The molecule has 0 bridgehead atoms. The minimum absolute atomic E-state index is 0.0720. The van der Waals surface area contributed by atoms with Gasteiger partial charge in [0, 0.05) is 24.7 Å². The number of carbonyl (C=O) groups excluding carboxylic acids is 1. The van der Waals surface area contributed by atoms with E-state index in [1.54, 1.807) is 0 Å². The van der Waals surface area contributed by atoms with Gasteiger partial charge in [0.05, 0.1) is 36.3 Å². The van der Waals surface area contributed by atoms with Gasteiger partial charge >= 0.3 is 5.76 Å². The van der Waals surface area contributed by atoms with E-state index in [2.05, 4.69) is 4.72 Å². The number of methoxy groups -OCH3 is 2. The van der Waals surface area contributed by atoms with Gasteiger partial charge in [-0.3, -0.25) is 9.29 Å². The van der Waals surface area contributed by atoms with Crippen LogP contribution in [0, 0.1) is 0 Å². The van der Waals surface area contributed by atoms with E-state index in [4.69, 9.17) is 13.9 Å². The van der Waals surface area contributed by atoms with Crippen LogP contribution >= 0.6 is 0 Å². The van der Waals surface area contributed by atoms with E-state index < -0.39 is 27.3 Å². The van der Waals surface area contributed by atoms with Gasteiger partial charge < -0.3 is 23.8 Å². The molecule has 1 aromatic heterocycles. The number of anilines is 1. The predicted molar refractivity (Wildman–Crippen MR) is 96.1 cm³/mol. The highest BCUT2D eigenvalue weighted by Gasteiger charge is 2.21. The summed E-state index contributed by atoms with van der Waals surface area (Å²) in [5.74, 6) is -2.04. The quantitative estimate of drug-likeness (QED) is 0.616. The molecule has 3 aromatic rings. The molecule has 0 aliphatic rings. The third-order valence-electron chi connectivity index (χ3n) is 4.06. The molecule has 0 amide bonds. The molecule has 0 saturated heterocycles. The van der Waals surface area contributed by atoms with Gasteiger partial charge in [-0.2, -0.15) is 0 Å². The number of fused-ring (bicyclic) bond motifs is 1. The summed E-state index contributed by atoms with van der Waals surface area (Å²) in [6.07, 6.45) is 0. The van der Waals surface area contributed by atoms with Crippen molar-refractivity contribution in [1.29, 1.82) is 0 Å². The van der Waals surface area contributed by atoms with Crippen molar-refractivity contribution in [2.24, 2.45) is 7.05 Å². The molecule has 148 valence electrons. The minimum Gasteiger partial charge on any atom is -0.545 e. The van der Waals surface area contributed by atoms with Gasteiger partial charge in [-0.15, -0.1) is 0 Å². The maximum Gasteiger partial charge on any atom is 0.419 e. The number of hydrogen-bond donors (Lipinski definition) is 1. The van der Waals surface area contributed by atoms with Crippen LogP contribution in [0.3, 0.4) is 0 Å². The normalized spacial score (nSPS) is 11.4. The molecule has 3 rings (SSSR count). The topological polar surface area (TPSA) is 140 Å². The zero-order valence-corrected chi connectivity index (χ0v) is 15.8. The van der Waals surface area contributed by atoms with Crippen molar-refractivity contribution >= 4 is 32.8 Å². The number of aryl methyl sites for hydroxylation is 1. The maximum absolute atomic E-state index is 12.7. The Kier molecular flexibility index (Phi) is 4.77. The highest BCUT2D eigenvalue weighted by molar-refractivity contribution is 7.92. The van der Waals surface area contributed by atoms with Crippen molar-refractivity contribution in [3.05, 3.63) is 46.4 Å². The molecule has 11 heteroatoms. The molecule has 0 fully saturated rings. The number of nitrogens with one attached hydrogen (secondary N) is 1. The fourth-order valence-electron chi connectivity index (χ4n) is 2.62. The van der Waals surface area contributed by atoms with Crippen molar-refractivity contribution in [3.63, 3.8) is 0 Å². The first-order valence-electron chi connectivity index (χ1n) is 7.77. The number of rotatable bonds is 6. The van der Waals surface area contributed by atoms with Crippen LogP contribution < -0.4 is 25.1 Å². The summed E-state index contributed by atoms with van der Waals surface area (Å²) in [5.41, 5.74) is -0.228. The Hall–Kier alpha value is -3.47. The zero-order chi connectivity index (χ0) is 20.6. The monoisotopic (exact) mass is 407 g/mol. The molecule has 1 N–H and O–H groups in total. The van der Waals surface area contributed by atoms with Gasteiger partial charge in [0.25, 0.3) is 10.0 Å². The van der Waals surface area contributed by atoms with Crippen LogP contribution in [0.2, 0.25) is 0 Å². The second-order valence-corrected chi connectivity index (χ2v) is 7.38.